The Morgan fingerprint density at radius 2 is 2.19 bits per heavy atom. The van der Waals surface area contributed by atoms with Gasteiger partial charge in [0.1, 0.15) is 0 Å². The van der Waals surface area contributed by atoms with Gasteiger partial charge in [-0.15, -0.1) is 0 Å². The Hall–Kier alpha value is -1.27. The van der Waals surface area contributed by atoms with Crippen molar-refractivity contribution in [1.82, 2.24) is 15.1 Å². The highest BCUT2D eigenvalue weighted by atomic mass is 15.3. The smallest absolute Gasteiger partial charge is 0.0646 e. The van der Waals surface area contributed by atoms with Crippen molar-refractivity contribution in [3.8, 4) is 11.8 Å². The summed E-state index contributed by atoms with van der Waals surface area (Å²) in [5.74, 6) is 6.74. The molecule has 0 saturated carbocycles. The zero-order valence-electron chi connectivity index (χ0n) is 10.0. The molecule has 1 aliphatic rings. The molecule has 1 saturated heterocycles. The molecule has 0 spiro atoms. The first-order valence-electron chi connectivity index (χ1n) is 6.02. The second kappa shape index (κ2) is 5.18. The van der Waals surface area contributed by atoms with E-state index in [4.69, 9.17) is 0 Å². The molecule has 1 aromatic rings. The van der Waals surface area contributed by atoms with E-state index < -0.39 is 0 Å². The monoisotopic (exact) mass is 217 g/mol. The highest BCUT2D eigenvalue weighted by Gasteiger charge is 2.15. The van der Waals surface area contributed by atoms with E-state index in [0.717, 1.165) is 18.7 Å². The van der Waals surface area contributed by atoms with Gasteiger partial charge in [0.2, 0.25) is 0 Å². The lowest BCUT2D eigenvalue weighted by Gasteiger charge is -2.22. The normalized spacial score (nSPS) is 17.2. The minimum Gasteiger partial charge on any atom is -0.317 e. The fourth-order valence-corrected chi connectivity index (χ4v) is 1.90. The van der Waals surface area contributed by atoms with Gasteiger partial charge >= 0.3 is 0 Å². The average Bonchev–Trinajstić information content (AvgIpc) is 2.76. The van der Waals surface area contributed by atoms with Crippen LogP contribution in [0.5, 0.6) is 0 Å². The maximum Gasteiger partial charge on any atom is 0.0646 e. The first kappa shape index (κ1) is 11.2. The molecular formula is C13H19N3. The standard InChI is InChI=1S/C13H19N3/c1-11(2)3-4-12-9-15-16(10-12)13-5-7-14-8-6-13/h9-11,13-14H,5-8H2,1-2H3. The molecule has 3 heteroatoms. The van der Waals surface area contributed by atoms with Crippen LogP contribution in [-0.4, -0.2) is 22.9 Å². The van der Waals surface area contributed by atoms with Crippen LogP contribution >= 0.6 is 0 Å². The van der Waals surface area contributed by atoms with E-state index in [1.165, 1.54) is 12.8 Å². The van der Waals surface area contributed by atoms with Gasteiger partial charge in [0, 0.05) is 12.1 Å². The Bertz CT molecular complexity index is 389. The van der Waals surface area contributed by atoms with Crippen molar-refractivity contribution in [1.29, 1.82) is 0 Å². The number of hydrogen-bond donors (Lipinski definition) is 1. The maximum atomic E-state index is 4.40. The van der Waals surface area contributed by atoms with E-state index in [9.17, 15) is 0 Å². The summed E-state index contributed by atoms with van der Waals surface area (Å²) in [7, 11) is 0. The van der Waals surface area contributed by atoms with Crippen molar-refractivity contribution in [2.75, 3.05) is 13.1 Å². The molecule has 1 fully saturated rings. The second-order valence-corrected chi connectivity index (χ2v) is 4.61. The van der Waals surface area contributed by atoms with Crippen molar-refractivity contribution in [2.45, 2.75) is 32.7 Å². The maximum absolute atomic E-state index is 4.40. The molecule has 1 aliphatic heterocycles. The molecule has 0 bridgehead atoms. The van der Waals surface area contributed by atoms with Crippen molar-refractivity contribution < 1.29 is 0 Å². The Morgan fingerprint density at radius 3 is 2.88 bits per heavy atom. The minimum absolute atomic E-state index is 0.419. The third kappa shape index (κ3) is 2.86. The number of rotatable bonds is 1. The van der Waals surface area contributed by atoms with Crippen molar-refractivity contribution in [3.63, 3.8) is 0 Å². The van der Waals surface area contributed by atoms with Crippen LogP contribution in [0.1, 0.15) is 38.3 Å². The summed E-state index contributed by atoms with van der Waals surface area (Å²) in [6.45, 7) is 6.39. The molecule has 0 amide bonds. The molecule has 0 atom stereocenters. The molecule has 1 aromatic heterocycles. The van der Waals surface area contributed by atoms with Crippen molar-refractivity contribution in [2.24, 2.45) is 5.92 Å². The highest BCUT2D eigenvalue weighted by molar-refractivity contribution is 5.30. The van der Waals surface area contributed by atoms with Crippen molar-refractivity contribution in [3.05, 3.63) is 18.0 Å². The molecule has 0 aliphatic carbocycles. The second-order valence-electron chi connectivity index (χ2n) is 4.61. The number of piperidine rings is 1. The van der Waals surface area contributed by atoms with E-state index in [-0.39, 0.29) is 0 Å². The van der Waals surface area contributed by atoms with Gasteiger partial charge in [-0.3, -0.25) is 4.68 Å². The largest absolute Gasteiger partial charge is 0.317 e. The fourth-order valence-electron chi connectivity index (χ4n) is 1.90. The SMILES string of the molecule is CC(C)C#Cc1cnn(C2CCNCC2)c1. The number of nitrogens with zero attached hydrogens (tertiary/aromatic N) is 2. The lowest BCUT2D eigenvalue weighted by Crippen LogP contribution is -2.29. The molecule has 16 heavy (non-hydrogen) atoms. The minimum atomic E-state index is 0.419. The van der Waals surface area contributed by atoms with Crippen molar-refractivity contribution >= 4 is 0 Å². The van der Waals surface area contributed by atoms with Crippen LogP contribution in [-0.2, 0) is 0 Å². The lowest BCUT2D eigenvalue weighted by molar-refractivity contribution is 0.343. The first-order valence-corrected chi connectivity index (χ1v) is 6.02. The zero-order chi connectivity index (χ0) is 11.4. The summed E-state index contributed by atoms with van der Waals surface area (Å²) in [6.07, 6.45) is 6.28. The Morgan fingerprint density at radius 1 is 1.44 bits per heavy atom. The quantitative estimate of drug-likeness (QED) is 0.727. The molecule has 0 aromatic carbocycles. The molecular weight excluding hydrogens is 198 g/mol. The number of hydrogen-bond acceptors (Lipinski definition) is 2. The van der Waals surface area contributed by atoms with Crippen LogP contribution in [0.25, 0.3) is 0 Å². The van der Waals surface area contributed by atoms with Gasteiger partial charge in [-0.1, -0.05) is 25.7 Å². The van der Waals surface area contributed by atoms with E-state index in [2.05, 4.69) is 47.0 Å². The van der Waals surface area contributed by atoms with E-state index in [1.807, 2.05) is 6.20 Å². The molecule has 3 nitrogen and oxygen atoms in total. The van der Waals surface area contributed by atoms with Gasteiger partial charge in [-0.2, -0.15) is 5.10 Å². The summed E-state index contributed by atoms with van der Waals surface area (Å²) >= 11 is 0. The van der Waals surface area contributed by atoms with Crippen LogP contribution in [0, 0.1) is 17.8 Å². The van der Waals surface area contributed by atoms with E-state index in [1.54, 1.807) is 0 Å². The van der Waals surface area contributed by atoms with Gasteiger partial charge in [0.25, 0.3) is 0 Å². The Labute approximate surface area is 97.2 Å². The van der Waals surface area contributed by atoms with Crippen LogP contribution in [0.15, 0.2) is 12.4 Å². The Kier molecular flexibility index (Phi) is 3.63. The van der Waals surface area contributed by atoms with Gasteiger partial charge in [-0.25, -0.2) is 0 Å². The third-order valence-electron chi connectivity index (χ3n) is 2.79. The van der Waals surface area contributed by atoms with E-state index >= 15 is 0 Å². The van der Waals surface area contributed by atoms with Gasteiger partial charge in [0.15, 0.2) is 0 Å². The van der Waals surface area contributed by atoms with Gasteiger partial charge in [0.05, 0.1) is 17.8 Å². The van der Waals surface area contributed by atoms with Gasteiger partial charge in [-0.05, 0) is 25.9 Å². The zero-order valence-corrected chi connectivity index (χ0v) is 10.0. The predicted octanol–water partition coefficient (Wildman–Crippen LogP) is 1.82. The average molecular weight is 217 g/mol. The number of aromatic nitrogens is 2. The summed E-state index contributed by atoms with van der Waals surface area (Å²) in [4.78, 5) is 0. The van der Waals surface area contributed by atoms with Crippen LogP contribution < -0.4 is 5.32 Å². The van der Waals surface area contributed by atoms with Crippen LogP contribution in [0.2, 0.25) is 0 Å². The van der Waals surface area contributed by atoms with Gasteiger partial charge < -0.3 is 5.32 Å². The van der Waals surface area contributed by atoms with Crippen LogP contribution in [0.4, 0.5) is 0 Å². The molecule has 86 valence electrons. The predicted molar refractivity (Wildman–Crippen MR) is 65.1 cm³/mol. The molecule has 0 unspecified atom stereocenters. The van der Waals surface area contributed by atoms with E-state index in [0.29, 0.717) is 12.0 Å². The fraction of sp³-hybridized carbons (Fsp3) is 0.615. The summed E-state index contributed by atoms with van der Waals surface area (Å²) < 4.78 is 2.07. The summed E-state index contributed by atoms with van der Waals surface area (Å²) in [5, 5.41) is 7.77. The van der Waals surface area contributed by atoms with Crippen LogP contribution in [0.3, 0.4) is 0 Å². The molecule has 0 radical (unpaired) electrons. The third-order valence-corrected chi connectivity index (χ3v) is 2.79. The summed E-state index contributed by atoms with van der Waals surface area (Å²) in [5.41, 5.74) is 1.03. The first-order chi connectivity index (χ1) is 7.75. The topological polar surface area (TPSA) is 29.9 Å². The summed E-state index contributed by atoms with van der Waals surface area (Å²) in [6, 6.07) is 0.552. The molecule has 2 heterocycles. The number of nitrogens with one attached hydrogen (secondary N) is 1. The highest BCUT2D eigenvalue weighted by Crippen LogP contribution is 2.17. The molecule has 1 N–H and O–H groups in total. The molecule has 2 rings (SSSR count). The Balaban J connectivity index is 2.04. The lowest BCUT2D eigenvalue weighted by atomic mass is 10.1.